The molecule has 1 amide bonds. The van der Waals surface area contributed by atoms with Gasteiger partial charge in [0.05, 0.1) is 24.4 Å². The molecular formula is C16H21NO4S. The van der Waals surface area contributed by atoms with Gasteiger partial charge in [0, 0.05) is 0 Å². The molecule has 1 aliphatic carbocycles. The Morgan fingerprint density at radius 3 is 2.73 bits per heavy atom. The molecular weight excluding hydrogens is 302 g/mol. The van der Waals surface area contributed by atoms with Crippen LogP contribution >= 0.6 is 0 Å². The molecule has 1 aromatic rings. The summed E-state index contributed by atoms with van der Waals surface area (Å²) in [6.07, 6.45) is 3.63. The molecule has 1 N–H and O–H groups in total. The number of amides is 1. The van der Waals surface area contributed by atoms with Crippen LogP contribution in [-0.4, -0.2) is 26.2 Å². The van der Waals surface area contributed by atoms with Crippen molar-refractivity contribution in [2.45, 2.75) is 49.9 Å². The van der Waals surface area contributed by atoms with Gasteiger partial charge in [0.1, 0.15) is 0 Å². The summed E-state index contributed by atoms with van der Waals surface area (Å²) in [6.45, 7) is 0.560. The van der Waals surface area contributed by atoms with Crippen LogP contribution in [0, 0.1) is 0 Å². The third kappa shape index (κ3) is 3.33. The molecule has 6 heteroatoms. The highest BCUT2D eigenvalue weighted by Gasteiger charge is 2.31. The first-order chi connectivity index (χ1) is 10.6. The largest absolute Gasteiger partial charge is 0.373 e. The summed E-state index contributed by atoms with van der Waals surface area (Å²) in [5, 5.41) is -0.420. The SMILES string of the molecule is O=C(CC1OCCc2ccccc21)NS(=O)(=O)C1CCCC1. The number of hydrogen-bond donors (Lipinski definition) is 1. The second-order valence-electron chi connectivity index (χ2n) is 5.99. The number of hydrogen-bond acceptors (Lipinski definition) is 4. The first kappa shape index (κ1) is 15.5. The van der Waals surface area contributed by atoms with E-state index in [1.165, 1.54) is 5.56 Å². The van der Waals surface area contributed by atoms with Crippen molar-refractivity contribution in [1.29, 1.82) is 0 Å². The lowest BCUT2D eigenvalue weighted by atomic mass is 9.96. The fraction of sp³-hybridized carbons (Fsp3) is 0.562. The van der Waals surface area contributed by atoms with Crippen molar-refractivity contribution in [2.24, 2.45) is 0 Å². The first-order valence-corrected chi connectivity index (χ1v) is 9.35. The molecule has 1 aromatic carbocycles. The van der Waals surface area contributed by atoms with Crippen LogP contribution in [0.5, 0.6) is 0 Å². The van der Waals surface area contributed by atoms with Crippen LogP contribution in [-0.2, 0) is 26.0 Å². The molecule has 1 heterocycles. The third-order valence-corrected chi connectivity index (χ3v) is 6.32. The van der Waals surface area contributed by atoms with E-state index >= 15 is 0 Å². The van der Waals surface area contributed by atoms with Crippen molar-refractivity contribution < 1.29 is 17.9 Å². The lowest BCUT2D eigenvalue weighted by Gasteiger charge is -2.25. The average molecular weight is 323 g/mol. The highest BCUT2D eigenvalue weighted by Crippen LogP contribution is 2.30. The van der Waals surface area contributed by atoms with E-state index in [1.54, 1.807) is 0 Å². The molecule has 5 nitrogen and oxygen atoms in total. The quantitative estimate of drug-likeness (QED) is 0.921. The average Bonchev–Trinajstić information content (AvgIpc) is 3.02. The van der Waals surface area contributed by atoms with Gasteiger partial charge in [0.15, 0.2) is 0 Å². The van der Waals surface area contributed by atoms with Gasteiger partial charge in [-0.25, -0.2) is 8.42 Å². The molecule has 3 rings (SSSR count). The monoisotopic (exact) mass is 323 g/mol. The zero-order valence-corrected chi connectivity index (χ0v) is 13.3. The Balaban J connectivity index is 1.65. The zero-order chi connectivity index (χ0) is 15.6. The second kappa shape index (κ2) is 6.38. The van der Waals surface area contributed by atoms with E-state index in [2.05, 4.69) is 4.72 Å². The van der Waals surface area contributed by atoms with Crippen LogP contribution in [0.4, 0.5) is 0 Å². The number of benzene rings is 1. The van der Waals surface area contributed by atoms with E-state index in [-0.39, 0.29) is 12.5 Å². The van der Waals surface area contributed by atoms with Crippen molar-refractivity contribution in [3.05, 3.63) is 35.4 Å². The molecule has 120 valence electrons. The van der Waals surface area contributed by atoms with Crippen molar-refractivity contribution in [3.8, 4) is 0 Å². The highest BCUT2D eigenvalue weighted by molar-refractivity contribution is 7.90. The lowest BCUT2D eigenvalue weighted by Crippen LogP contribution is -2.38. The van der Waals surface area contributed by atoms with Gasteiger partial charge in [-0.3, -0.25) is 9.52 Å². The summed E-state index contributed by atoms with van der Waals surface area (Å²) in [5.41, 5.74) is 2.16. The minimum Gasteiger partial charge on any atom is -0.373 e. The molecule has 2 aliphatic rings. The van der Waals surface area contributed by atoms with E-state index in [0.717, 1.165) is 24.8 Å². The van der Waals surface area contributed by atoms with Gasteiger partial charge >= 0.3 is 0 Å². The van der Waals surface area contributed by atoms with Gasteiger partial charge < -0.3 is 4.74 Å². The summed E-state index contributed by atoms with van der Waals surface area (Å²) in [4.78, 5) is 12.1. The van der Waals surface area contributed by atoms with Crippen LogP contribution in [0.2, 0.25) is 0 Å². The lowest BCUT2D eigenvalue weighted by molar-refractivity contribution is -0.122. The highest BCUT2D eigenvalue weighted by atomic mass is 32.2. The number of sulfonamides is 1. The van der Waals surface area contributed by atoms with Crippen LogP contribution in [0.25, 0.3) is 0 Å². The standard InChI is InChI=1S/C16H21NO4S/c18-16(17-22(19,20)13-6-2-3-7-13)11-15-14-8-4-1-5-12(14)9-10-21-15/h1,4-5,8,13,15H,2-3,6-7,9-11H2,(H,17,18). The molecule has 0 radical (unpaired) electrons. The molecule has 1 atom stereocenters. The maximum Gasteiger partial charge on any atom is 0.237 e. The Kier molecular flexibility index (Phi) is 4.49. The minimum atomic E-state index is -3.54. The maximum absolute atomic E-state index is 12.2. The van der Waals surface area contributed by atoms with Gasteiger partial charge in [0.25, 0.3) is 0 Å². The molecule has 0 saturated heterocycles. The Bertz CT molecular complexity index is 650. The van der Waals surface area contributed by atoms with Gasteiger partial charge in [-0.1, -0.05) is 37.1 Å². The van der Waals surface area contributed by atoms with Crippen molar-refractivity contribution >= 4 is 15.9 Å². The molecule has 0 aromatic heterocycles. The number of carbonyl (C=O) groups is 1. The van der Waals surface area contributed by atoms with Gasteiger partial charge in [0.2, 0.25) is 15.9 Å². The molecule has 22 heavy (non-hydrogen) atoms. The van der Waals surface area contributed by atoms with E-state index in [4.69, 9.17) is 4.74 Å². The Morgan fingerprint density at radius 1 is 1.23 bits per heavy atom. The van der Waals surface area contributed by atoms with Crippen molar-refractivity contribution in [2.75, 3.05) is 6.61 Å². The maximum atomic E-state index is 12.2. The Labute approximate surface area is 131 Å². The Hall–Kier alpha value is -1.40. The molecule has 0 spiro atoms. The summed E-state index contributed by atoms with van der Waals surface area (Å²) < 4.78 is 32.2. The molecule has 0 bridgehead atoms. The topological polar surface area (TPSA) is 72.5 Å². The summed E-state index contributed by atoms with van der Waals surface area (Å²) in [7, 11) is -3.54. The normalized spacial score (nSPS) is 22.3. The summed E-state index contributed by atoms with van der Waals surface area (Å²) in [5.74, 6) is -0.478. The van der Waals surface area contributed by atoms with Gasteiger partial charge in [-0.2, -0.15) is 0 Å². The predicted molar refractivity (Wildman–Crippen MR) is 82.8 cm³/mol. The Morgan fingerprint density at radius 2 is 1.95 bits per heavy atom. The summed E-state index contributed by atoms with van der Waals surface area (Å²) in [6, 6.07) is 7.84. The van der Waals surface area contributed by atoms with Crippen LogP contribution in [0.1, 0.15) is 49.3 Å². The molecule has 1 fully saturated rings. The predicted octanol–water partition coefficient (Wildman–Crippen LogP) is 2.08. The number of carbonyl (C=O) groups excluding carboxylic acids is 1. The fourth-order valence-electron chi connectivity index (χ4n) is 3.30. The van der Waals surface area contributed by atoms with E-state index in [0.29, 0.717) is 19.4 Å². The third-order valence-electron chi connectivity index (χ3n) is 4.46. The van der Waals surface area contributed by atoms with Crippen LogP contribution < -0.4 is 4.72 Å². The van der Waals surface area contributed by atoms with E-state index in [9.17, 15) is 13.2 Å². The van der Waals surface area contributed by atoms with Crippen LogP contribution in [0.15, 0.2) is 24.3 Å². The molecule has 1 aliphatic heterocycles. The van der Waals surface area contributed by atoms with Gasteiger partial charge in [-0.15, -0.1) is 0 Å². The number of ether oxygens (including phenoxy) is 1. The minimum absolute atomic E-state index is 0.0446. The molecule has 1 unspecified atom stereocenters. The number of rotatable bonds is 4. The van der Waals surface area contributed by atoms with Crippen LogP contribution in [0.3, 0.4) is 0 Å². The fourth-order valence-corrected chi connectivity index (χ4v) is 4.82. The zero-order valence-electron chi connectivity index (χ0n) is 12.5. The smallest absolute Gasteiger partial charge is 0.237 e. The van der Waals surface area contributed by atoms with E-state index < -0.39 is 21.2 Å². The molecule has 1 saturated carbocycles. The van der Waals surface area contributed by atoms with Crippen molar-refractivity contribution in [3.63, 3.8) is 0 Å². The van der Waals surface area contributed by atoms with Crippen molar-refractivity contribution in [1.82, 2.24) is 4.72 Å². The number of fused-ring (bicyclic) bond motifs is 1. The summed E-state index contributed by atoms with van der Waals surface area (Å²) >= 11 is 0. The van der Waals surface area contributed by atoms with Gasteiger partial charge in [-0.05, 0) is 30.4 Å². The first-order valence-electron chi connectivity index (χ1n) is 7.80. The van der Waals surface area contributed by atoms with E-state index in [1.807, 2.05) is 24.3 Å². The number of nitrogens with one attached hydrogen (secondary N) is 1. The second-order valence-corrected chi connectivity index (χ2v) is 7.95.